The first-order chi connectivity index (χ1) is 15.9. The molecule has 34 heavy (non-hydrogen) atoms. The van der Waals surface area contributed by atoms with Crippen LogP contribution in [0.15, 0.2) is 4.99 Å². The fraction of sp³-hybridized carbons (Fsp3) is 0.750. The number of aliphatic hydroxyl groups is 1. The summed E-state index contributed by atoms with van der Waals surface area (Å²) in [6, 6.07) is -4.49. The quantitative estimate of drug-likeness (QED) is 0.0597. The monoisotopic (exact) mass is 505 g/mol. The van der Waals surface area contributed by atoms with Crippen molar-refractivity contribution in [2.45, 2.75) is 63.7 Å². The van der Waals surface area contributed by atoms with E-state index in [-0.39, 0.29) is 31.3 Å². The number of guanidine groups is 1. The number of hydrogen-bond donors (Lipinski definition) is 8. The number of carbonyl (C=O) groups excluding carboxylic acids is 3. The highest BCUT2D eigenvalue weighted by atomic mass is 32.2. The van der Waals surface area contributed by atoms with Crippen molar-refractivity contribution in [3.05, 3.63) is 0 Å². The number of nitrogens with two attached hydrogens (primary N) is 3. The standard InChI is InChI=1S/C20H39N7O6S/c1-11(2)9-14(19(32)33)26-18(31)15(10-28)27-17(30)13(5-4-7-24-20(22)23)25-16(29)12(21)6-8-34-3/h11-15,28H,4-10,21H2,1-3H3,(H,25,29)(H,26,31)(H,27,30)(H,32,33)(H4,22,23,24)/t12-,13-,14-,15-/m0/s1. The van der Waals surface area contributed by atoms with Gasteiger partial charge in [0, 0.05) is 6.54 Å². The lowest BCUT2D eigenvalue weighted by atomic mass is 10.0. The van der Waals surface area contributed by atoms with Crippen LogP contribution in [0.1, 0.15) is 39.5 Å². The second kappa shape index (κ2) is 16.9. The molecule has 0 radical (unpaired) electrons. The van der Waals surface area contributed by atoms with Crippen LogP contribution in [0.3, 0.4) is 0 Å². The average Bonchev–Trinajstić information content (AvgIpc) is 2.76. The molecule has 0 spiro atoms. The maximum Gasteiger partial charge on any atom is 0.326 e. The molecule has 0 aromatic heterocycles. The van der Waals surface area contributed by atoms with Crippen molar-refractivity contribution in [1.82, 2.24) is 16.0 Å². The van der Waals surface area contributed by atoms with E-state index in [1.165, 1.54) is 11.8 Å². The molecule has 0 aromatic carbocycles. The van der Waals surface area contributed by atoms with E-state index >= 15 is 0 Å². The van der Waals surface area contributed by atoms with Crippen molar-refractivity contribution in [2.24, 2.45) is 28.1 Å². The van der Waals surface area contributed by atoms with Gasteiger partial charge in [0.25, 0.3) is 0 Å². The number of aliphatic hydroxyl groups excluding tert-OH is 1. The van der Waals surface area contributed by atoms with E-state index in [0.29, 0.717) is 18.6 Å². The van der Waals surface area contributed by atoms with Crippen LogP contribution in [0, 0.1) is 5.92 Å². The van der Waals surface area contributed by atoms with Crippen LogP contribution >= 0.6 is 11.8 Å². The third-order valence-electron chi connectivity index (χ3n) is 4.69. The number of carbonyl (C=O) groups is 4. The van der Waals surface area contributed by atoms with Crippen LogP contribution in [0.2, 0.25) is 0 Å². The Kier molecular flexibility index (Phi) is 15.7. The predicted molar refractivity (Wildman–Crippen MR) is 131 cm³/mol. The number of aliphatic carboxylic acids is 1. The Morgan fingerprint density at radius 2 is 1.50 bits per heavy atom. The summed E-state index contributed by atoms with van der Waals surface area (Å²) in [6.45, 7) is 3.03. The van der Waals surface area contributed by atoms with Gasteiger partial charge >= 0.3 is 5.97 Å². The van der Waals surface area contributed by atoms with Crippen molar-refractivity contribution >= 4 is 41.4 Å². The highest BCUT2D eigenvalue weighted by molar-refractivity contribution is 7.98. The molecule has 14 heteroatoms. The number of rotatable bonds is 17. The van der Waals surface area contributed by atoms with Gasteiger partial charge in [0.2, 0.25) is 17.7 Å². The van der Waals surface area contributed by atoms with Crippen LogP contribution in [-0.4, -0.2) is 89.2 Å². The van der Waals surface area contributed by atoms with Gasteiger partial charge in [0.15, 0.2) is 5.96 Å². The van der Waals surface area contributed by atoms with Gasteiger partial charge in [-0.15, -0.1) is 0 Å². The molecule has 0 aromatic rings. The van der Waals surface area contributed by atoms with Crippen molar-refractivity contribution in [2.75, 3.05) is 25.2 Å². The second-order valence-electron chi connectivity index (χ2n) is 8.17. The van der Waals surface area contributed by atoms with Crippen LogP contribution in [0.4, 0.5) is 0 Å². The minimum atomic E-state index is -1.41. The molecule has 0 heterocycles. The van der Waals surface area contributed by atoms with E-state index < -0.39 is 54.5 Å². The van der Waals surface area contributed by atoms with Gasteiger partial charge in [0.05, 0.1) is 12.6 Å². The smallest absolute Gasteiger partial charge is 0.326 e. The average molecular weight is 506 g/mol. The molecule has 13 nitrogen and oxygen atoms in total. The minimum Gasteiger partial charge on any atom is -0.480 e. The number of carboxylic acids is 1. The second-order valence-corrected chi connectivity index (χ2v) is 9.16. The first-order valence-electron chi connectivity index (χ1n) is 11.0. The summed E-state index contributed by atoms with van der Waals surface area (Å²) in [5.41, 5.74) is 16.5. The van der Waals surface area contributed by atoms with Crippen LogP contribution in [0.5, 0.6) is 0 Å². The largest absolute Gasteiger partial charge is 0.480 e. The summed E-state index contributed by atoms with van der Waals surface area (Å²) >= 11 is 1.53. The van der Waals surface area contributed by atoms with Gasteiger partial charge in [0.1, 0.15) is 18.1 Å². The highest BCUT2D eigenvalue weighted by Gasteiger charge is 2.30. The van der Waals surface area contributed by atoms with Gasteiger partial charge in [-0.3, -0.25) is 19.4 Å². The summed E-state index contributed by atoms with van der Waals surface area (Å²) in [5, 5.41) is 26.2. The molecule has 3 amide bonds. The highest BCUT2D eigenvalue weighted by Crippen LogP contribution is 2.06. The summed E-state index contributed by atoms with van der Waals surface area (Å²) in [4.78, 5) is 53.0. The van der Waals surface area contributed by atoms with Gasteiger partial charge in [-0.1, -0.05) is 13.8 Å². The fourth-order valence-electron chi connectivity index (χ4n) is 2.86. The Morgan fingerprint density at radius 1 is 0.941 bits per heavy atom. The van der Waals surface area contributed by atoms with E-state index in [1.807, 2.05) is 6.26 Å². The van der Waals surface area contributed by atoms with Gasteiger partial charge in [-0.2, -0.15) is 11.8 Å². The summed E-state index contributed by atoms with van der Waals surface area (Å²) in [6.07, 6.45) is 2.92. The van der Waals surface area contributed by atoms with Crippen molar-refractivity contribution in [3.63, 3.8) is 0 Å². The van der Waals surface area contributed by atoms with E-state index in [9.17, 15) is 29.4 Å². The number of nitrogens with one attached hydrogen (secondary N) is 3. The van der Waals surface area contributed by atoms with Crippen LogP contribution in [-0.2, 0) is 19.2 Å². The molecule has 0 fully saturated rings. The van der Waals surface area contributed by atoms with E-state index in [1.54, 1.807) is 13.8 Å². The number of amides is 3. The maximum atomic E-state index is 12.9. The van der Waals surface area contributed by atoms with E-state index in [4.69, 9.17) is 17.2 Å². The third kappa shape index (κ3) is 13.2. The number of carboxylic acid groups (broad SMARTS) is 1. The lowest BCUT2D eigenvalue weighted by Gasteiger charge is -2.24. The van der Waals surface area contributed by atoms with Crippen LogP contribution < -0.4 is 33.2 Å². The Labute approximate surface area is 204 Å². The van der Waals surface area contributed by atoms with Crippen molar-refractivity contribution in [3.8, 4) is 0 Å². The molecule has 0 aliphatic rings. The third-order valence-corrected chi connectivity index (χ3v) is 5.33. The Morgan fingerprint density at radius 3 is 2.00 bits per heavy atom. The maximum absolute atomic E-state index is 12.9. The summed E-state index contributed by atoms with van der Waals surface area (Å²) in [7, 11) is 0. The molecule has 4 atom stereocenters. The zero-order chi connectivity index (χ0) is 26.3. The molecule has 0 aliphatic heterocycles. The molecule has 11 N–H and O–H groups in total. The van der Waals surface area contributed by atoms with Gasteiger partial charge < -0.3 is 43.4 Å². The molecule has 0 aliphatic carbocycles. The molecule has 0 bridgehead atoms. The fourth-order valence-corrected chi connectivity index (χ4v) is 3.35. The molecular weight excluding hydrogens is 466 g/mol. The number of aliphatic imine (C=N–C) groups is 1. The minimum absolute atomic E-state index is 0.0105. The Balaban J connectivity index is 5.32. The van der Waals surface area contributed by atoms with E-state index in [2.05, 4.69) is 20.9 Å². The first kappa shape index (κ1) is 31.4. The zero-order valence-electron chi connectivity index (χ0n) is 20.0. The molecule has 0 saturated carbocycles. The number of nitrogens with zero attached hydrogens (tertiary/aromatic N) is 1. The number of thioether (sulfide) groups is 1. The van der Waals surface area contributed by atoms with Gasteiger partial charge in [-0.05, 0) is 43.6 Å². The Hall–Kier alpha value is -2.58. The molecule has 0 rings (SSSR count). The topological polar surface area (TPSA) is 235 Å². The predicted octanol–water partition coefficient (Wildman–Crippen LogP) is -2.30. The lowest BCUT2D eigenvalue weighted by Crippen LogP contribution is -2.58. The van der Waals surface area contributed by atoms with Gasteiger partial charge in [-0.25, -0.2) is 4.79 Å². The Bertz CT molecular complexity index is 703. The van der Waals surface area contributed by atoms with Crippen LogP contribution in [0.25, 0.3) is 0 Å². The summed E-state index contributed by atoms with van der Waals surface area (Å²) in [5.74, 6) is -2.83. The lowest BCUT2D eigenvalue weighted by molar-refractivity contribution is -0.143. The molecule has 196 valence electrons. The first-order valence-corrected chi connectivity index (χ1v) is 12.4. The van der Waals surface area contributed by atoms with Crippen molar-refractivity contribution in [1.29, 1.82) is 0 Å². The number of hydrogen-bond acceptors (Lipinski definition) is 8. The van der Waals surface area contributed by atoms with Crippen molar-refractivity contribution < 1.29 is 29.4 Å². The normalized spacial score (nSPS) is 14.4. The summed E-state index contributed by atoms with van der Waals surface area (Å²) < 4.78 is 0. The zero-order valence-corrected chi connectivity index (χ0v) is 20.8. The molecule has 0 unspecified atom stereocenters. The van der Waals surface area contributed by atoms with E-state index in [0.717, 1.165) is 0 Å². The SMILES string of the molecule is CSCC[C@H](N)C(=O)N[C@@H](CCCN=C(N)N)C(=O)N[C@@H](CO)C(=O)N[C@@H](CC(C)C)C(=O)O. The molecular formula is C20H39N7O6S. The molecule has 0 saturated heterocycles.